The van der Waals surface area contributed by atoms with Crippen molar-refractivity contribution in [3.63, 3.8) is 0 Å². The van der Waals surface area contributed by atoms with E-state index in [2.05, 4.69) is 5.10 Å². The Bertz CT molecular complexity index is 265. The summed E-state index contributed by atoms with van der Waals surface area (Å²) in [6.45, 7) is 0. The van der Waals surface area contributed by atoms with E-state index < -0.39 is 17.6 Å². The smallest absolute Gasteiger partial charge is 0.423 e. The van der Waals surface area contributed by atoms with Gasteiger partial charge in [0.2, 0.25) is 5.88 Å². The Balaban J connectivity index is 3.13. The summed E-state index contributed by atoms with van der Waals surface area (Å²) < 4.78 is 36.4. The zero-order chi connectivity index (χ0) is 8.65. The first-order valence-electron chi connectivity index (χ1n) is 2.71. The van der Waals surface area contributed by atoms with Crippen LogP contribution in [-0.2, 0) is 13.2 Å². The van der Waals surface area contributed by atoms with Gasteiger partial charge in [-0.1, -0.05) is 0 Å². The molecule has 0 saturated carbocycles. The second-order valence-electron chi connectivity index (χ2n) is 2.04. The van der Waals surface area contributed by atoms with Crippen molar-refractivity contribution >= 4 is 0 Å². The molecule has 0 aromatic carbocycles. The van der Waals surface area contributed by atoms with E-state index in [9.17, 15) is 13.2 Å². The first-order valence-corrected chi connectivity index (χ1v) is 2.71. The van der Waals surface area contributed by atoms with Crippen LogP contribution in [-0.4, -0.2) is 14.9 Å². The van der Waals surface area contributed by atoms with Gasteiger partial charge >= 0.3 is 6.18 Å². The van der Waals surface area contributed by atoms with E-state index in [-0.39, 0.29) is 0 Å². The Morgan fingerprint density at radius 2 is 2.09 bits per heavy atom. The van der Waals surface area contributed by atoms with Crippen molar-refractivity contribution < 1.29 is 18.3 Å². The standard InChI is InChI=1S/C5H5F3N2O/c1-10-2-3(4(11)9-10)5(6,7)8/h2H,1H3,(H,9,11). The van der Waals surface area contributed by atoms with Crippen molar-refractivity contribution in [3.8, 4) is 5.88 Å². The minimum atomic E-state index is -4.53. The normalized spacial score (nSPS) is 12.0. The molecule has 3 nitrogen and oxygen atoms in total. The lowest BCUT2D eigenvalue weighted by molar-refractivity contribution is -0.138. The molecule has 0 saturated heterocycles. The molecule has 0 aliphatic carbocycles. The molecule has 1 aromatic rings. The molecule has 0 radical (unpaired) electrons. The molecular weight excluding hydrogens is 161 g/mol. The van der Waals surface area contributed by atoms with Gasteiger partial charge in [0.05, 0.1) is 0 Å². The highest BCUT2D eigenvalue weighted by atomic mass is 19.4. The van der Waals surface area contributed by atoms with Gasteiger partial charge in [-0.2, -0.15) is 13.2 Å². The largest absolute Gasteiger partial charge is 0.492 e. The van der Waals surface area contributed by atoms with Crippen LogP contribution in [0.1, 0.15) is 5.56 Å². The maximum atomic E-state index is 11.8. The fourth-order valence-corrected chi connectivity index (χ4v) is 0.677. The first-order chi connectivity index (χ1) is 4.91. The second kappa shape index (κ2) is 2.14. The summed E-state index contributed by atoms with van der Waals surface area (Å²) in [5, 5.41) is 11.7. The molecule has 1 rings (SSSR count). The summed E-state index contributed by atoms with van der Waals surface area (Å²) >= 11 is 0. The zero-order valence-electron chi connectivity index (χ0n) is 5.55. The summed E-state index contributed by atoms with van der Waals surface area (Å²) in [5.41, 5.74) is -1.11. The Hall–Kier alpha value is -1.20. The highest BCUT2D eigenvalue weighted by molar-refractivity contribution is 5.24. The van der Waals surface area contributed by atoms with Crippen LogP contribution in [0.5, 0.6) is 5.88 Å². The van der Waals surface area contributed by atoms with E-state index in [0.717, 1.165) is 10.9 Å². The monoisotopic (exact) mass is 166 g/mol. The lowest BCUT2D eigenvalue weighted by atomic mass is 10.3. The fourth-order valence-electron chi connectivity index (χ4n) is 0.677. The van der Waals surface area contributed by atoms with E-state index in [1.807, 2.05) is 0 Å². The average molecular weight is 166 g/mol. The predicted molar refractivity (Wildman–Crippen MR) is 29.9 cm³/mol. The number of alkyl halides is 3. The van der Waals surface area contributed by atoms with Gasteiger partial charge in [0.15, 0.2) is 0 Å². The number of halogens is 3. The molecule has 11 heavy (non-hydrogen) atoms. The van der Waals surface area contributed by atoms with Gasteiger partial charge in [0, 0.05) is 13.2 Å². The van der Waals surface area contributed by atoms with E-state index in [1.165, 1.54) is 7.05 Å². The molecule has 0 aliphatic rings. The van der Waals surface area contributed by atoms with Gasteiger partial charge in [-0.05, 0) is 0 Å². The minimum absolute atomic E-state index is 0.718. The van der Waals surface area contributed by atoms with Gasteiger partial charge in [0.25, 0.3) is 0 Å². The van der Waals surface area contributed by atoms with Crippen molar-refractivity contribution in [2.45, 2.75) is 6.18 Å². The van der Waals surface area contributed by atoms with Crippen molar-refractivity contribution in [2.75, 3.05) is 0 Å². The van der Waals surface area contributed by atoms with Gasteiger partial charge in [0.1, 0.15) is 5.56 Å². The van der Waals surface area contributed by atoms with E-state index in [0.29, 0.717) is 0 Å². The molecular formula is C5H5F3N2O. The fraction of sp³-hybridized carbons (Fsp3) is 0.400. The molecule has 0 fully saturated rings. The third-order valence-electron chi connectivity index (χ3n) is 1.11. The molecule has 0 unspecified atom stereocenters. The molecule has 1 N–H and O–H groups in total. The number of aromatic nitrogens is 2. The molecule has 0 atom stereocenters. The van der Waals surface area contributed by atoms with Crippen LogP contribution in [0.3, 0.4) is 0 Å². The number of nitrogens with zero attached hydrogens (tertiary/aromatic N) is 2. The Kier molecular flexibility index (Phi) is 1.54. The molecule has 0 spiro atoms. The molecule has 62 valence electrons. The molecule has 1 aromatic heterocycles. The van der Waals surface area contributed by atoms with Gasteiger partial charge in [-0.25, -0.2) is 0 Å². The van der Waals surface area contributed by atoms with Crippen LogP contribution < -0.4 is 0 Å². The highest BCUT2D eigenvalue weighted by Gasteiger charge is 2.36. The van der Waals surface area contributed by atoms with Crippen LogP contribution >= 0.6 is 0 Å². The molecule has 0 bridgehead atoms. The number of hydrogen-bond acceptors (Lipinski definition) is 2. The Morgan fingerprint density at radius 1 is 1.55 bits per heavy atom. The van der Waals surface area contributed by atoms with E-state index in [4.69, 9.17) is 5.11 Å². The lowest BCUT2D eigenvalue weighted by Crippen LogP contribution is -2.03. The molecule has 1 heterocycles. The summed E-state index contributed by atoms with van der Waals surface area (Å²) in [6.07, 6.45) is -3.81. The molecule has 0 amide bonds. The van der Waals surface area contributed by atoms with Gasteiger partial charge in [-0.3, -0.25) is 4.68 Å². The minimum Gasteiger partial charge on any atom is -0.492 e. The SMILES string of the molecule is Cn1cc(C(F)(F)F)c(O)n1. The van der Waals surface area contributed by atoms with Gasteiger partial charge in [-0.15, -0.1) is 5.10 Å². The van der Waals surface area contributed by atoms with Crippen LogP contribution in [0, 0.1) is 0 Å². The van der Waals surface area contributed by atoms with Crippen molar-refractivity contribution in [1.82, 2.24) is 9.78 Å². The zero-order valence-corrected chi connectivity index (χ0v) is 5.55. The quantitative estimate of drug-likeness (QED) is 0.627. The van der Waals surface area contributed by atoms with Crippen LogP contribution in [0.15, 0.2) is 6.20 Å². The number of rotatable bonds is 0. The van der Waals surface area contributed by atoms with Crippen molar-refractivity contribution in [3.05, 3.63) is 11.8 Å². The number of aryl methyl sites for hydroxylation is 1. The lowest BCUT2D eigenvalue weighted by Gasteiger charge is -2.00. The Morgan fingerprint density at radius 3 is 2.27 bits per heavy atom. The van der Waals surface area contributed by atoms with Crippen LogP contribution in [0.25, 0.3) is 0 Å². The number of hydrogen-bond donors (Lipinski definition) is 1. The highest BCUT2D eigenvalue weighted by Crippen LogP contribution is 2.34. The van der Waals surface area contributed by atoms with E-state index in [1.54, 1.807) is 0 Å². The summed E-state index contributed by atoms with van der Waals surface area (Å²) in [5.74, 6) is -0.986. The maximum absolute atomic E-state index is 11.8. The van der Waals surface area contributed by atoms with E-state index >= 15 is 0 Å². The molecule has 6 heteroatoms. The maximum Gasteiger partial charge on any atom is 0.423 e. The van der Waals surface area contributed by atoms with Gasteiger partial charge < -0.3 is 5.11 Å². The second-order valence-corrected chi connectivity index (χ2v) is 2.04. The summed E-state index contributed by atoms with van der Waals surface area (Å²) in [6, 6.07) is 0. The summed E-state index contributed by atoms with van der Waals surface area (Å²) in [7, 11) is 1.30. The average Bonchev–Trinajstić information content (AvgIpc) is 2.08. The molecule has 0 aliphatic heterocycles. The first kappa shape index (κ1) is 7.90. The van der Waals surface area contributed by atoms with Crippen LogP contribution in [0.2, 0.25) is 0 Å². The third kappa shape index (κ3) is 1.44. The third-order valence-corrected chi connectivity index (χ3v) is 1.11. The van der Waals surface area contributed by atoms with Crippen LogP contribution in [0.4, 0.5) is 13.2 Å². The predicted octanol–water partition coefficient (Wildman–Crippen LogP) is 1.14. The Labute approximate surface area is 60.1 Å². The van der Waals surface area contributed by atoms with Crippen molar-refractivity contribution in [1.29, 1.82) is 0 Å². The summed E-state index contributed by atoms with van der Waals surface area (Å²) in [4.78, 5) is 0. The topological polar surface area (TPSA) is 38.0 Å². The van der Waals surface area contributed by atoms with Crippen molar-refractivity contribution in [2.24, 2.45) is 7.05 Å². The number of aromatic hydroxyl groups is 1.